The van der Waals surface area contributed by atoms with Gasteiger partial charge in [-0.25, -0.2) is 13.8 Å². The second-order valence-corrected chi connectivity index (χ2v) is 4.49. The minimum Gasteiger partial charge on any atom is -0.441 e. The number of rotatable bonds is 2. The third-order valence-corrected chi connectivity index (χ3v) is 2.94. The van der Waals surface area contributed by atoms with Crippen LogP contribution in [0.3, 0.4) is 0 Å². The van der Waals surface area contributed by atoms with Crippen LogP contribution in [0.1, 0.15) is 16.2 Å². The first-order chi connectivity index (χ1) is 10.0. The first kappa shape index (κ1) is 13.2. The number of fused-ring (bicyclic) bond motifs is 1. The Morgan fingerprint density at radius 1 is 1.19 bits per heavy atom. The quantitative estimate of drug-likeness (QED) is 0.782. The summed E-state index contributed by atoms with van der Waals surface area (Å²) in [7, 11) is 0. The van der Waals surface area contributed by atoms with Crippen molar-refractivity contribution in [1.82, 2.24) is 4.98 Å². The van der Waals surface area contributed by atoms with Gasteiger partial charge in [-0.3, -0.25) is 4.79 Å². The largest absolute Gasteiger partial charge is 0.441 e. The number of anilines is 1. The van der Waals surface area contributed by atoms with E-state index in [0.717, 1.165) is 6.07 Å². The molecule has 0 aliphatic heterocycles. The van der Waals surface area contributed by atoms with Gasteiger partial charge in [0.1, 0.15) is 17.2 Å². The minimum absolute atomic E-state index is 0.0877. The van der Waals surface area contributed by atoms with Crippen molar-refractivity contribution >= 4 is 22.7 Å². The van der Waals surface area contributed by atoms with E-state index in [2.05, 4.69) is 10.3 Å². The molecule has 21 heavy (non-hydrogen) atoms. The Bertz CT molecular complexity index is 843. The van der Waals surface area contributed by atoms with E-state index in [1.165, 1.54) is 12.1 Å². The molecule has 0 unspecified atom stereocenters. The van der Waals surface area contributed by atoms with Gasteiger partial charge in [-0.1, -0.05) is 0 Å². The maximum absolute atomic E-state index is 13.5. The highest BCUT2D eigenvalue weighted by molar-refractivity contribution is 6.05. The number of hydrogen-bond donors (Lipinski definition) is 1. The average molecular weight is 288 g/mol. The predicted octanol–water partition coefficient (Wildman–Crippen LogP) is 3.67. The van der Waals surface area contributed by atoms with Crippen molar-refractivity contribution in [3.8, 4) is 0 Å². The molecule has 0 fully saturated rings. The normalized spacial score (nSPS) is 10.8. The van der Waals surface area contributed by atoms with Crippen LogP contribution in [-0.4, -0.2) is 10.9 Å². The van der Waals surface area contributed by atoms with Crippen molar-refractivity contribution in [3.05, 3.63) is 59.5 Å². The molecule has 1 amide bonds. The van der Waals surface area contributed by atoms with Gasteiger partial charge < -0.3 is 9.73 Å². The van der Waals surface area contributed by atoms with Crippen molar-refractivity contribution in [1.29, 1.82) is 0 Å². The van der Waals surface area contributed by atoms with E-state index in [-0.39, 0.29) is 5.69 Å². The van der Waals surface area contributed by atoms with Gasteiger partial charge in [0.05, 0.1) is 5.69 Å². The lowest BCUT2D eigenvalue weighted by molar-refractivity contribution is 0.102. The molecule has 106 valence electrons. The van der Waals surface area contributed by atoms with Crippen molar-refractivity contribution in [2.24, 2.45) is 0 Å². The van der Waals surface area contributed by atoms with E-state index >= 15 is 0 Å². The summed E-state index contributed by atoms with van der Waals surface area (Å²) in [4.78, 5) is 16.2. The molecule has 6 heteroatoms. The van der Waals surface area contributed by atoms with Gasteiger partial charge >= 0.3 is 0 Å². The molecule has 0 saturated heterocycles. The Morgan fingerprint density at radius 2 is 2.00 bits per heavy atom. The molecule has 0 saturated carbocycles. The fraction of sp³-hybridized carbons (Fsp3) is 0.0667. The lowest BCUT2D eigenvalue weighted by atomic mass is 10.2. The maximum atomic E-state index is 13.5. The number of nitrogens with one attached hydrogen (secondary N) is 1. The van der Waals surface area contributed by atoms with Gasteiger partial charge in [0.25, 0.3) is 5.91 Å². The molecule has 0 radical (unpaired) electrons. The van der Waals surface area contributed by atoms with Crippen LogP contribution in [0.25, 0.3) is 11.1 Å². The van der Waals surface area contributed by atoms with Crippen LogP contribution >= 0.6 is 0 Å². The van der Waals surface area contributed by atoms with Crippen LogP contribution in [0, 0.1) is 18.6 Å². The van der Waals surface area contributed by atoms with Gasteiger partial charge in [0, 0.05) is 18.6 Å². The van der Waals surface area contributed by atoms with Crippen LogP contribution in [0.4, 0.5) is 14.5 Å². The number of aryl methyl sites for hydroxylation is 1. The number of oxazole rings is 1. The zero-order valence-corrected chi connectivity index (χ0v) is 11.0. The Balaban J connectivity index is 1.89. The lowest BCUT2D eigenvalue weighted by Crippen LogP contribution is -2.13. The zero-order chi connectivity index (χ0) is 15.0. The lowest BCUT2D eigenvalue weighted by Gasteiger charge is -2.06. The number of amides is 1. The molecular weight excluding hydrogens is 278 g/mol. The Morgan fingerprint density at radius 3 is 2.76 bits per heavy atom. The fourth-order valence-electron chi connectivity index (χ4n) is 1.97. The van der Waals surface area contributed by atoms with E-state index < -0.39 is 17.5 Å². The van der Waals surface area contributed by atoms with Crippen LogP contribution in [0.5, 0.6) is 0 Å². The number of aromatic nitrogens is 1. The molecule has 0 spiro atoms. The number of benzene rings is 2. The number of nitrogens with zero attached hydrogens (tertiary/aromatic N) is 1. The Hall–Kier alpha value is -2.76. The fourth-order valence-corrected chi connectivity index (χ4v) is 1.97. The van der Waals surface area contributed by atoms with Crippen molar-refractivity contribution in [3.63, 3.8) is 0 Å². The van der Waals surface area contributed by atoms with Crippen LogP contribution in [0.15, 0.2) is 40.8 Å². The van der Waals surface area contributed by atoms with Gasteiger partial charge in [-0.05, 0) is 30.3 Å². The second kappa shape index (κ2) is 4.97. The number of carbonyl (C=O) groups excluding carboxylic acids is 1. The van der Waals surface area contributed by atoms with E-state index in [0.29, 0.717) is 28.6 Å². The van der Waals surface area contributed by atoms with E-state index in [1.54, 1.807) is 19.1 Å². The van der Waals surface area contributed by atoms with Crippen LogP contribution < -0.4 is 5.32 Å². The number of hydrogen-bond acceptors (Lipinski definition) is 3. The highest BCUT2D eigenvalue weighted by Gasteiger charge is 2.12. The first-order valence-corrected chi connectivity index (χ1v) is 6.16. The second-order valence-electron chi connectivity index (χ2n) is 4.49. The summed E-state index contributed by atoms with van der Waals surface area (Å²) in [5.74, 6) is -1.56. The van der Waals surface area contributed by atoms with Crippen molar-refractivity contribution in [2.75, 3.05) is 5.32 Å². The van der Waals surface area contributed by atoms with Crippen LogP contribution in [-0.2, 0) is 0 Å². The smallest absolute Gasteiger partial charge is 0.255 e. The molecule has 2 aromatic carbocycles. The molecular formula is C15H10F2N2O2. The Kier molecular flexibility index (Phi) is 3.13. The molecule has 0 aliphatic rings. The topological polar surface area (TPSA) is 55.1 Å². The highest BCUT2D eigenvalue weighted by Crippen LogP contribution is 2.19. The third kappa shape index (κ3) is 2.60. The molecule has 0 atom stereocenters. The van der Waals surface area contributed by atoms with E-state index in [9.17, 15) is 13.6 Å². The number of carbonyl (C=O) groups is 1. The molecule has 0 aliphatic carbocycles. The predicted molar refractivity (Wildman–Crippen MR) is 73.1 cm³/mol. The Labute approximate surface area is 118 Å². The number of halogens is 2. The van der Waals surface area contributed by atoms with E-state index in [1.807, 2.05) is 0 Å². The van der Waals surface area contributed by atoms with Gasteiger partial charge in [0.15, 0.2) is 11.5 Å². The minimum atomic E-state index is -0.833. The summed E-state index contributed by atoms with van der Waals surface area (Å²) < 4.78 is 31.6. The monoisotopic (exact) mass is 288 g/mol. The molecule has 1 aromatic heterocycles. The molecule has 4 nitrogen and oxygen atoms in total. The standard InChI is InChI=1S/C15H10F2N2O2/c1-8-18-13-4-2-9(6-14(13)21-8)15(20)19-12-5-3-10(16)7-11(12)17/h2-7H,1H3,(H,19,20). The van der Waals surface area contributed by atoms with Crippen molar-refractivity contribution < 1.29 is 18.0 Å². The highest BCUT2D eigenvalue weighted by atomic mass is 19.1. The van der Waals surface area contributed by atoms with E-state index in [4.69, 9.17) is 4.42 Å². The van der Waals surface area contributed by atoms with Gasteiger partial charge in [-0.15, -0.1) is 0 Å². The average Bonchev–Trinajstić information content (AvgIpc) is 2.80. The first-order valence-electron chi connectivity index (χ1n) is 6.16. The molecule has 3 rings (SSSR count). The summed E-state index contributed by atoms with van der Waals surface area (Å²) in [5, 5.41) is 2.38. The molecule has 1 N–H and O–H groups in total. The summed E-state index contributed by atoms with van der Waals surface area (Å²) in [6.45, 7) is 1.70. The molecule has 0 bridgehead atoms. The summed E-state index contributed by atoms with van der Waals surface area (Å²) in [6, 6.07) is 7.66. The maximum Gasteiger partial charge on any atom is 0.255 e. The summed E-state index contributed by atoms with van der Waals surface area (Å²) in [6.07, 6.45) is 0. The van der Waals surface area contributed by atoms with Gasteiger partial charge in [0.2, 0.25) is 0 Å². The summed E-state index contributed by atoms with van der Waals surface area (Å²) in [5.41, 5.74) is 1.31. The molecule has 3 aromatic rings. The SMILES string of the molecule is Cc1nc2ccc(C(=O)Nc3ccc(F)cc3F)cc2o1. The zero-order valence-electron chi connectivity index (χ0n) is 11.0. The molecule has 1 heterocycles. The van der Waals surface area contributed by atoms with Crippen LogP contribution in [0.2, 0.25) is 0 Å². The van der Waals surface area contributed by atoms with Crippen molar-refractivity contribution in [2.45, 2.75) is 6.92 Å². The third-order valence-electron chi connectivity index (χ3n) is 2.94. The van der Waals surface area contributed by atoms with Gasteiger partial charge in [-0.2, -0.15) is 0 Å². The summed E-state index contributed by atoms with van der Waals surface area (Å²) >= 11 is 0.